The largest absolute Gasteiger partial charge is 0.361 e. The number of aromatic nitrogens is 1. The number of para-hydroxylation sites is 1. The van der Waals surface area contributed by atoms with Gasteiger partial charge in [0.05, 0.1) is 4.90 Å². The van der Waals surface area contributed by atoms with Crippen molar-refractivity contribution in [2.45, 2.75) is 51.0 Å². The maximum absolute atomic E-state index is 13.6. The first-order chi connectivity index (χ1) is 16.1. The molecule has 0 bridgehead atoms. The zero-order valence-corrected chi connectivity index (χ0v) is 20.6. The molecule has 0 radical (unpaired) electrons. The Hall–Kier alpha value is -3.20. The number of carbonyl (C=O) groups excluding carboxylic acids is 1. The molecule has 1 atom stereocenters. The summed E-state index contributed by atoms with van der Waals surface area (Å²) in [5.74, 6) is 5.11. The monoisotopic (exact) mass is 478 g/mol. The van der Waals surface area contributed by atoms with E-state index in [2.05, 4.69) is 35.0 Å². The van der Waals surface area contributed by atoms with Gasteiger partial charge in [-0.3, -0.25) is 10.2 Å². The van der Waals surface area contributed by atoms with E-state index in [0.29, 0.717) is 11.5 Å². The Labute approximate surface area is 200 Å². The van der Waals surface area contributed by atoms with Crippen molar-refractivity contribution in [2.75, 3.05) is 0 Å². The van der Waals surface area contributed by atoms with Gasteiger partial charge in [-0.15, -0.1) is 0 Å². The van der Waals surface area contributed by atoms with Gasteiger partial charge in [0.15, 0.2) is 0 Å². The second-order valence-corrected chi connectivity index (χ2v) is 10.7. The molecular weight excluding hydrogens is 448 g/mol. The molecule has 0 spiro atoms. The SMILES string of the molecule is Cc1cc(S(=O)(=O)NC(Cc2c[nH]c3ccccc23)C(=O)NN)c2c(C)ccc(C(C)C)cc1-2. The highest BCUT2D eigenvalue weighted by Crippen LogP contribution is 2.38. The molecule has 5 N–H and O–H groups in total. The van der Waals surface area contributed by atoms with Gasteiger partial charge in [0.25, 0.3) is 5.91 Å². The summed E-state index contributed by atoms with van der Waals surface area (Å²) in [7, 11) is -4.04. The summed E-state index contributed by atoms with van der Waals surface area (Å²) in [5, 5.41) is 0.926. The number of aromatic amines is 1. The lowest BCUT2D eigenvalue weighted by molar-refractivity contribution is -0.122. The molecule has 0 aliphatic heterocycles. The van der Waals surface area contributed by atoms with Crippen LogP contribution in [0.2, 0.25) is 0 Å². The highest BCUT2D eigenvalue weighted by Gasteiger charge is 2.31. The lowest BCUT2D eigenvalue weighted by Crippen LogP contribution is -2.49. The van der Waals surface area contributed by atoms with Crippen LogP contribution in [0.4, 0.5) is 0 Å². The third kappa shape index (κ3) is 4.44. The fourth-order valence-electron chi connectivity index (χ4n) is 4.42. The quantitative estimate of drug-likeness (QED) is 0.183. The van der Waals surface area contributed by atoms with E-state index in [-0.39, 0.29) is 11.3 Å². The van der Waals surface area contributed by atoms with Gasteiger partial charge in [0.1, 0.15) is 6.04 Å². The van der Waals surface area contributed by atoms with Gasteiger partial charge < -0.3 is 4.98 Å². The lowest BCUT2D eigenvalue weighted by atomic mass is 10.0. The van der Waals surface area contributed by atoms with E-state index in [1.165, 1.54) is 0 Å². The number of amides is 1. The van der Waals surface area contributed by atoms with Crippen LogP contribution in [0.5, 0.6) is 0 Å². The van der Waals surface area contributed by atoms with E-state index in [4.69, 9.17) is 5.84 Å². The first-order valence-corrected chi connectivity index (χ1v) is 12.7. The van der Waals surface area contributed by atoms with Crippen LogP contribution in [0, 0.1) is 13.8 Å². The number of nitrogens with one attached hydrogen (secondary N) is 3. The smallest absolute Gasteiger partial charge is 0.252 e. The fraction of sp³-hybridized carbons (Fsp3) is 0.269. The number of benzene rings is 1. The molecule has 7 nitrogen and oxygen atoms in total. The Morgan fingerprint density at radius 3 is 2.50 bits per heavy atom. The van der Waals surface area contributed by atoms with E-state index in [1.54, 1.807) is 12.3 Å². The Kier molecular flexibility index (Phi) is 6.49. The summed E-state index contributed by atoms with van der Waals surface area (Å²) >= 11 is 0. The molecule has 2 aliphatic carbocycles. The number of aryl methyl sites for hydroxylation is 2. The number of H-pyrrole nitrogens is 1. The first kappa shape index (κ1) is 23.9. The molecule has 178 valence electrons. The maximum atomic E-state index is 13.6. The van der Waals surface area contributed by atoms with E-state index < -0.39 is 22.0 Å². The minimum Gasteiger partial charge on any atom is -0.361 e. The minimum absolute atomic E-state index is 0.147. The summed E-state index contributed by atoms with van der Waals surface area (Å²) in [4.78, 5) is 15.9. The highest BCUT2D eigenvalue weighted by molar-refractivity contribution is 7.89. The van der Waals surface area contributed by atoms with Crippen LogP contribution in [0.25, 0.3) is 22.0 Å². The molecule has 1 heterocycles. The predicted molar refractivity (Wildman–Crippen MR) is 135 cm³/mol. The standard InChI is InChI=1S/C26H30N4O3S/c1-15(2)18-10-9-16(3)25-21(12-18)17(4)11-24(25)34(32,33)30-23(26(31)29-27)13-19-14-28-22-8-6-5-7-20(19)22/h5-12,14-15,23,28,30H,13,27H2,1-4H3,(H,29,31). The van der Waals surface area contributed by atoms with Gasteiger partial charge in [-0.1, -0.05) is 50.2 Å². The number of hydrogen-bond donors (Lipinski definition) is 4. The zero-order chi connectivity index (χ0) is 24.6. The van der Waals surface area contributed by atoms with Crippen LogP contribution in [-0.2, 0) is 21.2 Å². The van der Waals surface area contributed by atoms with Gasteiger partial charge in [0, 0.05) is 22.7 Å². The van der Waals surface area contributed by atoms with Crippen molar-refractivity contribution in [3.8, 4) is 11.1 Å². The summed E-state index contributed by atoms with van der Waals surface area (Å²) in [6.45, 7) is 8.02. The summed E-state index contributed by atoms with van der Waals surface area (Å²) in [5.41, 5.74) is 8.24. The third-order valence-electron chi connectivity index (χ3n) is 6.33. The van der Waals surface area contributed by atoms with Crippen LogP contribution in [0.3, 0.4) is 0 Å². The Bertz CT molecular complexity index is 1440. The van der Waals surface area contributed by atoms with Gasteiger partial charge in [-0.25, -0.2) is 14.3 Å². The van der Waals surface area contributed by atoms with Crippen LogP contribution < -0.4 is 16.0 Å². The van der Waals surface area contributed by atoms with Gasteiger partial charge in [-0.2, -0.15) is 4.72 Å². The maximum Gasteiger partial charge on any atom is 0.252 e. The number of hydrogen-bond acceptors (Lipinski definition) is 4. The Morgan fingerprint density at radius 2 is 1.79 bits per heavy atom. The minimum atomic E-state index is -4.04. The van der Waals surface area contributed by atoms with Crippen molar-refractivity contribution in [1.29, 1.82) is 0 Å². The average molecular weight is 479 g/mol. The molecule has 34 heavy (non-hydrogen) atoms. The van der Waals surface area contributed by atoms with Crippen molar-refractivity contribution in [3.63, 3.8) is 0 Å². The Morgan fingerprint density at radius 1 is 1.06 bits per heavy atom. The summed E-state index contributed by atoms with van der Waals surface area (Å²) < 4.78 is 29.8. The number of rotatable bonds is 7. The molecule has 0 saturated heterocycles. The summed E-state index contributed by atoms with van der Waals surface area (Å²) in [6.07, 6.45) is 1.93. The van der Waals surface area contributed by atoms with Crippen molar-refractivity contribution in [2.24, 2.45) is 5.84 Å². The Balaban J connectivity index is 1.74. The molecule has 0 saturated carbocycles. The molecule has 0 fully saturated rings. The lowest BCUT2D eigenvalue weighted by Gasteiger charge is -2.17. The molecule has 1 amide bonds. The fourth-order valence-corrected chi connectivity index (χ4v) is 5.98. The number of carbonyl (C=O) groups is 1. The van der Waals surface area contributed by atoms with Crippen molar-refractivity contribution in [3.05, 3.63) is 77.0 Å². The molecule has 8 heteroatoms. The van der Waals surface area contributed by atoms with E-state index in [0.717, 1.165) is 38.7 Å². The number of nitrogens with two attached hydrogens (primary N) is 1. The number of hydrazine groups is 1. The summed E-state index contributed by atoms with van der Waals surface area (Å²) in [6, 6.07) is 14.3. The third-order valence-corrected chi connectivity index (χ3v) is 7.83. The normalized spacial score (nSPS) is 13.0. The van der Waals surface area contributed by atoms with Crippen LogP contribution >= 0.6 is 0 Å². The first-order valence-electron chi connectivity index (χ1n) is 11.2. The van der Waals surface area contributed by atoms with Crippen molar-refractivity contribution < 1.29 is 13.2 Å². The van der Waals surface area contributed by atoms with Crippen LogP contribution in [0.1, 0.15) is 42.0 Å². The molecule has 2 aliphatic rings. The second-order valence-electron chi connectivity index (χ2n) is 9.04. The van der Waals surface area contributed by atoms with E-state index in [1.807, 2.05) is 50.2 Å². The van der Waals surface area contributed by atoms with Gasteiger partial charge in [-0.05, 0) is 66.1 Å². The highest BCUT2D eigenvalue weighted by atomic mass is 32.2. The number of fused-ring (bicyclic) bond motifs is 2. The van der Waals surface area contributed by atoms with Crippen molar-refractivity contribution >= 4 is 26.8 Å². The molecular formula is C26H30N4O3S. The zero-order valence-electron chi connectivity index (χ0n) is 19.8. The van der Waals surface area contributed by atoms with Gasteiger partial charge in [0.2, 0.25) is 10.0 Å². The topological polar surface area (TPSA) is 117 Å². The average Bonchev–Trinajstić information content (AvgIpc) is 3.30. The van der Waals surface area contributed by atoms with E-state index >= 15 is 0 Å². The van der Waals surface area contributed by atoms with Gasteiger partial charge >= 0.3 is 0 Å². The number of sulfonamides is 1. The van der Waals surface area contributed by atoms with Crippen LogP contribution in [-0.4, -0.2) is 25.4 Å². The van der Waals surface area contributed by atoms with Crippen molar-refractivity contribution in [1.82, 2.24) is 15.1 Å². The molecule has 1 aromatic heterocycles. The molecule has 4 rings (SSSR count). The predicted octanol–water partition coefficient (Wildman–Crippen LogP) is 3.89. The second kappa shape index (κ2) is 9.21. The van der Waals surface area contributed by atoms with E-state index in [9.17, 15) is 13.2 Å². The molecule has 2 aromatic rings. The van der Waals surface area contributed by atoms with Crippen LogP contribution in [0.15, 0.2) is 59.6 Å². The molecule has 1 aromatic carbocycles. The molecule has 1 unspecified atom stereocenters.